The lowest BCUT2D eigenvalue weighted by atomic mass is 9.99. The van der Waals surface area contributed by atoms with Gasteiger partial charge in [0, 0.05) is 36.6 Å². The second-order valence-corrected chi connectivity index (χ2v) is 9.71. The highest BCUT2D eigenvalue weighted by atomic mass is 35.5. The summed E-state index contributed by atoms with van der Waals surface area (Å²) in [5.41, 5.74) is 1.78. The summed E-state index contributed by atoms with van der Waals surface area (Å²) in [4.78, 5) is 45.0. The van der Waals surface area contributed by atoms with Crippen molar-refractivity contribution in [3.05, 3.63) is 65.2 Å². The van der Waals surface area contributed by atoms with Crippen LogP contribution < -0.4 is 4.90 Å². The van der Waals surface area contributed by atoms with E-state index in [2.05, 4.69) is 17.0 Å². The lowest BCUT2D eigenvalue weighted by Gasteiger charge is -2.41. The van der Waals surface area contributed by atoms with Gasteiger partial charge in [-0.1, -0.05) is 41.9 Å². The van der Waals surface area contributed by atoms with Gasteiger partial charge in [-0.25, -0.2) is 4.90 Å². The molecule has 1 unspecified atom stereocenters. The molecule has 2 aromatic carbocycles. The van der Waals surface area contributed by atoms with Gasteiger partial charge in [0.2, 0.25) is 11.8 Å². The number of likely N-dealkylation sites (tertiary alicyclic amines) is 1. The van der Waals surface area contributed by atoms with E-state index in [0.717, 1.165) is 45.3 Å². The Morgan fingerprint density at radius 1 is 0.939 bits per heavy atom. The second-order valence-electron chi connectivity index (χ2n) is 9.28. The molecule has 0 spiro atoms. The molecule has 2 heterocycles. The number of benzene rings is 2. The van der Waals surface area contributed by atoms with E-state index >= 15 is 0 Å². The third kappa shape index (κ3) is 4.68. The molecule has 0 aromatic heterocycles. The van der Waals surface area contributed by atoms with Gasteiger partial charge < -0.3 is 4.90 Å². The van der Waals surface area contributed by atoms with Gasteiger partial charge in [-0.2, -0.15) is 0 Å². The maximum atomic E-state index is 13.4. The van der Waals surface area contributed by atoms with E-state index < -0.39 is 6.04 Å². The summed E-state index contributed by atoms with van der Waals surface area (Å²) >= 11 is 5.97. The molecule has 0 N–H and O–H groups in total. The number of carbonyl (C=O) groups is 3. The fraction of sp³-hybridized carbons (Fsp3) is 0.423. The first kappa shape index (κ1) is 22.1. The topological polar surface area (TPSA) is 60.9 Å². The SMILES string of the molecule is O=C1CC(N(C(=O)C2CC2)C2CCN(Cc3ccccc3)CC2)C(=O)N1c1ccc(Cl)cc1. The molecule has 33 heavy (non-hydrogen) atoms. The number of imide groups is 1. The molecule has 172 valence electrons. The number of piperidine rings is 1. The highest BCUT2D eigenvalue weighted by molar-refractivity contribution is 6.30. The van der Waals surface area contributed by atoms with E-state index in [1.165, 1.54) is 10.5 Å². The summed E-state index contributed by atoms with van der Waals surface area (Å²) in [7, 11) is 0. The molecule has 0 radical (unpaired) electrons. The lowest BCUT2D eigenvalue weighted by molar-refractivity contribution is -0.143. The second kappa shape index (κ2) is 9.27. The molecule has 3 fully saturated rings. The molecule has 2 aliphatic heterocycles. The van der Waals surface area contributed by atoms with E-state index in [-0.39, 0.29) is 36.1 Å². The number of hydrogen-bond acceptors (Lipinski definition) is 4. The standard InChI is InChI=1S/C26H28ClN3O3/c27-20-8-10-21(11-9-20)30-24(31)16-23(26(30)33)29(25(32)19-6-7-19)22-12-14-28(15-13-22)17-18-4-2-1-3-5-18/h1-5,8-11,19,22-23H,6-7,12-17H2. The van der Waals surface area contributed by atoms with Crippen molar-refractivity contribution in [1.82, 2.24) is 9.80 Å². The predicted molar refractivity (Wildman–Crippen MR) is 127 cm³/mol. The highest BCUT2D eigenvalue weighted by Gasteiger charge is 2.49. The number of rotatable bonds is 6. The van der Waals surface area contributed by atoms with Gasteiger partial charge in [0.1, 0.15) is 6.04 Å². The van der Waals surface area contributed by atoms with Crippen LogP contribution in [0.4, 0.5) is 5.69 Å². The van der Waals surface area contributed by atoms with Crippen molar-refractivity contribution in [1.29, 1.82) is 0 Å². The van der Waals surface area contributed by atoms with E-state index in [9.17, 15) is 14.4 Å². The van der Waals surface area contributed by atoms with Crippen LogP contribution in [0.3, 0.4) is 0 Å². The first-order chi connectivity index (χ1) is 16.0. The molecule has 7 heteroatoms. The Kier molecular flexibility index (Phi) is 6.21. The number of amides is 3. The van der Waals surface area contributed by atoms with Crippen molar-refractivity contribution in [3.63, 3.8) is 0 Å². The molecule has 0 bridgehead atoms. The van der Waals surface area contributed by atoms with Gasteiger partial charge in [-0.05, 0) is 55.5 Å². The quantitative estimate of drug-likeness (QED) is 0.607. The summed E-state index contributed by atoms with van der Waals surface area (Å²) in [6.45, 7) is 2.61. The molecule has 1 aliphatic carbocycles. The van der Waals surface area contributed by atoms with Crippen LogP contribution in [-0.2, 0) is 20.9 Å². The number of anilines is 1. The maximum Gasteiger partial charge on any atom is 0.257 e. The average molecular weight is 466 g/mol. The van der Waals surface area contributed by atoms with Crippen LogP contribution in [0.15, 0.2) is 54.6 Å². The first-order valence-corrected chi connectivity index (χ1v) is 12.1. The van der Waals surface area contributed by atoms with Crippen molar-refractivity contribution in [3.8, 4) is 0 Å². The summed E-state index contributed by atoms with van der Waals surface area (Å²) < 4.78 is 0. The van der Waals surface area contributed by atoms with Gasteiger partial charge >= 0.3 is 0 Å². The zero-order chi connectivity index (χ0) is 22.9. The average Bonchev–Trinajstić information content (AvgIpc) is 3.63. The fourth-order valence-corrected chi connectivity index (χ4v) is 5.15. The normalized spacial score (nSPS) is 22.1. The summed E-state index contributed by atoms with van der Waals surface area (Å²) in [6.07, 6.45) is 3.41. The van der Waals surface area contributed by atoms with Gasteiger partial charge in [0.15, 0.2) is 0 Å². The van der Waals surface area contributed by atoms with E-state index in [4.69, 9.17) is 11.6 Å². The zero-order valence-electron chi connectivity index (χ0n) is 18.5. The van der Waals surface area contributed by atoms with E-state index in [1.807, 2.05) is 18.2 Å². The van der Waals surface area contributed by atoms with Gasteiger partial charge in [0.25, 0.3) is 5.91 Å². The Morgan fingerprint density at radius 2 is 1.61 bits per heavy atom. The number of carbonyl (C=O) groups excluding carboxylic acids is 3. The summed E-state index contributed by atoms with van der Waals surface area (Å²) in [5.74, 6) is -0.522. The Bertz CT molecular complexity index is 1030. The zero-order valence-corrected chi connectivity index (χ0v) is 19.3. The monoisotopic (exact) mass is 465 g/mol. The van der Waals surface area contributed by atoms with Crippen LogP contribution in [0.2, 0.25) is 5.02 Å². The van der Waals surface area contributed by atoms with Crippen LogP contribution in [0, 0.1) is 5.92 Å². The molecule has 1 atom stereocenters. The Morgan fingerprint density at radius 3 is 2.24 bits per heavy atom. The van der Waals surface area contributed by atoms with Gasteiger partial charge in [-0.15, -0.1) is 0 Å². The predicted octanol–water partition coefficient (Wildman–Crippen LogP) is 3.88. The minimum absolute atomic E-state index is 0.000155. The van der Waals surface area contributed by atoms with Crippen LogP contribution in [-0.4, -0.2) is 52.7 Å². The van der Waals surface area contributed by atoms with Crippen LogP contribution >= 0.6 is 11.6 Å². The molecule has 2 aromatic rings. The molecule has 3 aliphatic rings. The highest BCUT2D eigenvalue weighted by Crippen LogP contribution is 2.36. The van der Waals surface area contributed by atoms with Gasteiger partial charge in [0.05, 0.1) is 12.1 Å². The molecular weight excluding hydrogens is 438 g/mol. The molecule has 5 rings (SSSR count). The minimum Gasteiger partial charge on any atom is -0.327 e. The van der Waals surface area contributed by atoms with Crippen molar-refractivity contribution in [2.45, 2.75) is 50.7 Å². The van der Waals surface area contributed by atoms with Crippen molar-refractivity contribution in [2.75, 3.05) is 18.0 Å². The molecule has 3 amide bonds. The third-order valence-corrected chi connectivity index (χ3v) is 7.18. The van der Waals surface area contributed by atoms with Crippen molar-refractivity contribution in [2.24, 2.45) is 5.92 Å². The molecule has 6 nitrogen and oxygen atoms in total. The van der Waals surface area contributed by atoms with Crippen LogP contribution in [0.25, 0.3) is 0 Å². The lowest BCUT2D eigenvalue weighted by Crippen LogP contribution is -2.54. The maximum absolute atomic E-state index is 13.4. The smallest absolute Gasteiger partial charge is 0.257 e. The van der Waals surface area contributed by atoms with Crippen LogP contribution in [0.1, 0.15) is 37.7 Å². The Hall–Kier alpha value is -2.70. The largest absolute Gasteiger partial charge is 0.327 e. The molecule has 2 saturated heterocycles. The summed E-state index contributed by atoms with van der Waals surface area (Å²) in [6, 6.07) is 16.3. The third-order valence-electron chi connectivity index (χ3n) is 6.92. The Balaban J connectivity index is 1.31. The number of halogens is 1. The summed E-state index contributed by atoms with van der Waals surface area (Å²) in [5, 5.41) is 0.544. The fourth-order valence-electron chi connectivity index (χ4n) is 5.02. The number of hydrogen-bond donors (Lipinski definition) is 0. The van der Waals surface area contributed by atoms with Crippen molar-refractivity contribution < 1.29 is 14.4 Å². The molecular formula is C26H28ClN3O3. The molecule has 1 saturated carbocycles. The van der Waals surface area contributed by atoms with Crippen molar-refractivity contribution >= 4 is 35.0 Å². The number of nitrogens with zero attached hydrogens (tertiary/aromatic N) is 3. The van der Waals surface area contributed by atoms with E-state index in [0.29, 0.717) is 10.7 Å². The van der Waals surface area contributed by atoms with Gasteiger partial charge in [-0.3, -0.25) is 19.3 Å². The Labute approximate surface area is 199 Å². The first-order valence-electron chi connectivity index (χ1n) is 11.7. The van der Waals surface area contributed by atoms with Crippen LogP contribution in [0.5, 0.6) is 0 Å². The van der Waals surface area contributed by atoms with E-state index in [1.54, 1.807) is 29.2 Å². The minimum atomic E-state index is -0.716.